The first-order chi connectivity index (χ1) is 20.7. The topological polar surface area (TPSA) is 3.24 Å². The van der Waals surface area contributed by atoms with Crippen LogP contribution in [0, 0.1) is 0 Å². The molecule has 6 aromatic rings. The van der Waals surface area contributed by atoms with Crippen LogP contribution in [-0.2, 0) is 5.41 Å². The Hall–Kier alpha value is -4.21. The zero-order valence-electron chi connectivity index (χ0n) is 22.9. The van der Waals surface area contributed by atoms with Gasteiger partial charge in [-0.1, -0.05) is 109 Å². The lowest BCUT2D eigenvalue weighted by atomic mass is 9.40. The van der Waals surface area contributed by atoms with E-state index in [9.17, 15) is 0 Å². The van der Waals surface area contributed by atoms with Crippen molar-refractivity contribution in [2.24, 2.45) is 0 Å². The lowest BCUT2D eigenvalue weighted by Gasteiger charge is -2.32. The van der Waals surface area contributed by atoms with Crippen molar-refractivity contribution in [2.45, 2.75) is 5.41 Å². The molecule has 5 radical (unpaired) electrons. The maximum absolute atomic E-state index is 4.50. The zero-order chi connectivity index (χ0) is 28.7. The van der Waals surface area contributed by atoms with Crippen LogP contribution >= 0.6 is 15.9 Å². The molecule has 0 aromatic heterocycles. The summed E-state index contributed by atoms with van der Waals surface area (Å²) in [6.45, 7) is 0. The van der Waals surface area contributed by atoms with Crippen molar-refractivity contribution >= 4 is 55.5 Å². The van der Waals surface area contributed by atoms with Crippen molar-refractivity contribution in [1.29, 1.82) is 0 Å². The van der Waals surface area contributed by atoms with Crippen LogP contribution in [0.3, 0.4) is 0 Å². The van der Waals surface area contributed by atoms with E-state index in [4.69, 9.17) is 0 Å². The molecule has 193 valence electrons. The normalized spacial score (nSPS) is 12.8. The first-order valence-electron chi connectivity index (χ1n) is 14.0. The van der Waals surface area contributed by atoms with Crippen molar-refractivity contribution in [3.05, 3.63) is 172 Å². The fourth-order valence-corrected chi connectivity index (χ4v) is 7.32. The quantitative estimate of drug-likeness (QED) is 0.184. The molecular formula is C37H24B3BrN. The molecule has 42 heavy (non-hydrogen) atoms. The maximum atomic E-state index is 4.50. The molecule has 2 aliphatic rings. The number of nitrogens with zero attached hydrogens (tertiary/aromatic N) is 1. The van der Waals surface area contributed by atoms with E-state index in [1.54, 1.807) is 0 Å². The van der Waals surface area contributed by atoms with Crippen LogP contribution in [0.5, 0.6) is 0 Å². The highest BCUT2D eigenvalue weighted by Crippen LogP contribution is 2.63. The molecule has 0 unspecified atom stereocenters. The average molecular weight is 595 g/mol. The van der Waals surface area contributed by atoms with Gasteiger partial charge in [-0.25, -0.2) is 0 Å². The summed E-state index contributed by atoms with van der Waals surface area (Å²) in [5, 5.41) is 0. The van der Waals surface area contributed by atoms with Crippen LogP contribution < -0.4 is 4.90 Å². The predicted octanol–water partition coefficient (Wildman–Crippen LogP) is 9.12. The number of rotatable bonds is 3. The predicted molar refractivity (Wildman–Crippen MR) is 182 cm³/mol. The van der Waals surface area contributed by atoms with Gasteiger partial charge >= 0.3 is 0 Å². The fraction of sp³-hybridized carbons (Fsp3) is 0.0270. The molecule has 2 aliphatic carbocycles. The van der Waals surface area contributed by atoms with Crippen LogP contribution in [0.2, 0.25) is 0 Å². The van der Waals surface area contributed by atoms with Crippen molar-refractivity contribution in [3.8, 4) is 22.3 Å². The maximum Gasteiger partial charge on any atom is 0.0726 e. The molecule has 6 aromatic carbocycles. The van der Waals surface area contributed by atoms with Gasteiger partial charge in [0.1, 0.15) is 0 Å². The van der Waals surface area contributed by atoms with Crippen LogP contribution in [-0.4, -0.2) is 22.5 Å². The lowest BCUT2D eigenvalue weighted by Crippen LogP contribution is -2.26. The molecule has 0 amide bonds. The number of benzene rings is 6. The minimum Gasteiger partial charge on any atom is -0.309 e. The molecule has 0 fully saturated rings. The number of para-hydroxylation sites is 2. The Labute approximate surface area is 259 Å². The Bertz CT molecular complexity index is 1860. The molecule has 0 N–H and O–H groups in total. The van der Waals surface area contributed by atoms with E-state index in [0.717, 1.165) is 28.6 Å². The van der Waals surface area contributed by atoms with Gasteiger partial charge in [0.05, 0.1) is 11.1 Å². The molecule has 0 saturated carbocycles. The van der Waals surface area contributed by atoms with Gasteiger partial charge in [-0.15, -0.1) is 0 Å². The Kier molecular flexibility index (Phi) is 6.92. The second-order valence-electron chi connectivity index (χ2n) is 10.4. The number of hydrogen-bond acceptors (Lipinski definition) is 1. The molecule has 0 atom stereocenters. The highest BCUT2D eigenvalue weighted by molar-refractivity contribution is 9.10. The second kappa shape index (κ2) is 10.9. The molecule has 8 rings (SSSR count). The minimum absolute atomic E-state index is 0.356. The molecule has 0 saturated heterocycles. The smallest absolute Gasteiger partial charge is 0.0726 e. The lowest BCUT2D eigenvalue weighted by molar-refractivity contribution is 0.793. The van der Waals surface area contributed by atoms with Crippen molar-refractivity contribution in [2.75, 3.05) is 4.90 Å². The van der Waals surface area contributed by atoms with Crippen molar-refractivity contribution < 1.29 is 0 Å². The summed E-state index contributed by atoms with van der Waals surface area (Å²) in [5.74, 6) is 0. The van der Waals surface area contributed by atoms with E-state index in [1.807, 2.05) is 0 Å². The van der Waals surface area contributed by atoms with E-state index in [1.165, 1.54) is 44.5 Å². The summed E-state index contributed by atoms with van der Waals surface area (Å²) in [6, 6.07) is 53.0. The first-order valence-corrected chi connectivity index (χ1v) is 14.8. The monoisotopic (exact) mass is 594 g/mol. The molecular weight excluding hydrogens is 571 g/mol. The Balaban J connectivity index is 0.000000923. The van der Waals surface area contributed by atoms with Gasteiger partial charge in [0.15, 0.2) is 0 Å². The summed E-state index contributed by atoms with van der Waals surface area (Å²) >= 11 is 3.84. The van der Waals surface area contributed by atoms with Crippen LogP contribution in [0.1, 0.15) is 22.3 Å². The fourth-order valence-electron chi connectivity index (χ4n) is 6.86. The highest BCUT2D eigenvalue weighted by atomic mass is 79.9. The summed E-state index contributed by atoms with van der Waals surface area (Å²) in [7, 11) is 10.0. The van der Waals surface area contributed by atoms with E-state index >= 15 is 0 Å². The van der Waals surface area contributed by atoms with Crippen LogP contribution in [0.25, 0.3) is 22.3 Å². The summed E-state index contributed by atoms with van der Waals surface area (Å²) in [5.41, 5.74) is 13.7. The second-order valence-corrected chi connectivity index (χ2v) is 11.3. The summed E-state index contributed by atoms with van der Waals surface area (Å²) in [4.78, 5) is 2.35. The minimum atomic E-state index is -0.356. The van der Waals surface area contributed by atoms with Gasteiger partial charge in [-0.05, 0) is 96.8 Å². The number of anilines is 3. The third kappa shape index (κ3) is 3.95. The molecule has 0 aliphatic heterocycles. The van der Waals surface area contributed by atoms with Crippen LogP contribution in [0.4, 0.5) is 17.1 Å². The summed E-state index contributed by atoms with van der Waals surface area (Å²) < 4.78 is 1.06. The summed E-state index contributed by atoms with van der Waals surface area (Å²) in [6.07, 6.45) is 0. The van der Waals surface area contributed by atoms with Gasteiger partial charge < -0.3 is 4.90 Å². The third-order valence-corrected chi connectivity index (χ3v) is 9.02. The number of halogens is 1. The van der Waals surface area contributed by atoms with E-state index in [2.05, 4.69) is 182 Å². The van der Waals surface area contributed by atoms with Crippen molar-refractivity contribution in [3.63, 3.8) is 0 Å². The Morgan fingerprint density at radius 1 is 0.476 bits per heavy atom. The van der Waals surface area contributed by atoms with E-state index < -0.39 is 0 Å². The largest absolute Gasteiger partial charge is 0.309 e. The Morgan fingerprint density at radius 2 is 0.929 bits per heavy atom. The van der Waals surface area contributed by atoms with Gasteiger partial charge in [-0.3, -0.25) is 0 Å². The molecule has 0 bridgehead atoms. The van der Waals surface area contributed by atoms with Gasteiger partial charge in [0.25, 0.3) is 0 Å². The molecule has 0 heterocycles. The highest BCUT2D eigenvalue weighted by Gasteiger charge is 2.51. The van der Waals surface area contributed by atoms with E-state index in [-0.39, 0.29) is 5.41 Å². The SMILES string of the molecule is Brc1ccccc1N(c1ccccc1)c1ccc2c(c1)C1(c3ccccc3-c3ccccc31)c1ccccc1-2.[B][B][B]. The first kappa shape index (κ1) is 26.7. The third-order valence-electron chi connectivity index (χ3n) is 8.35. The average Bonchev–Trinajstić information content (AvgIpc) is 3.50. The van der Waals surface area contributed by atoms with Gasteiger partial charge in [-0.2, -0.15) is 0 Å². The van der Waals surface area contributed by atoms with Crippen molar-refractivity contribution in [1.82, 2.24) is 0 Å². The number of hydrogen-bond donors (Lipinski definition) is 0. The zero-order valence-corrected chi connectivity index (χ0v) is 24.5. The molecule has 1 nitrogen and oxygen atoms in total. The molecule has 1 spiro atoms. The Morgan fingerprint density at radius 3 is 1.48 bits per heavy atom. The standard InChI is InChI=1S/C37H24BrN.B3/c38-35-20-10-11-21-36(35)39(25-12-2-1-3-13-25)26-22-23-30-29-16-6-9-19-33(29)37(34(30)24-26)31-17-7-4-14-27(31)28-15-5-8-18-32(28)37;1-3-2/h1-24H;. The van der Waals surface area contributed by atoms with Gasteiger partial charge in [0, 0.05) is 38.4 Å². The van der Waals surface area contributed by atoms with Crippen LogP contribution in [0.15, 0.2) is 150 Å². The number of fused-ring (bicyclic) bond motifs is 10. The van der Waals surface area contributed by atoms with Gasteiger partial charge in [0.2, 0.25) is 0 Å². The molecule has 5 heteroatoms. The van der Waals surface area contributed by atoms with E-state index in [0.29, 0.717) is 0 Å².